The number of aromatic nitrogens is 1. The van der Waals surface area contributed by atoms with Crippen molar-refractivity contribution in [2.75, 3.05) is 6.61 Å². The Bertz CT molecular complexity index is 575. The van der Waals surface area contributed by atoms with Crippen LogP contribution in [0.25, 0.3) is 0 Å². The lowest BCUT2D eigenvalue weighted by Crippen LogP contribution is -2.42. The third-order valence-electron chi connectivity index (χ3n) is 3.82. The molecule has 0 amide bonds. The minimum absolute atomic E-state index is 0.217. The second kappa shape index (κ2) is 6.57. The summed E-state index contributed by atoms with van der Waals surface area (Å²) < 4.78 is 7.38. The summed E-state index contributed by atoms with van der Waals surface area (Å²) in [7, 11) is 0. The third-order valence-corrected chi connectivity index (χ3v) is 3.82. The van der Waals surface area contributed by atoms with Crippen molar-refractivity contribution in [1.82, 2.24) is 4.57 Å². The van der Waals surface area contributed by atoms with Gasteiger partial charge in [0.1, 0.15) is 11.8 Å². The van der Waals surface area contributed by atoms with E-state index in [1.54, 1.807) is 29.0 Å². The molecular weight excluding hydrogens is 264 g/mol. The number of rotatable bonds is 9. The van der Waals surface area contributed by atoms with Gasteiger partial charge >= 0.3 is 0 Å². The van der Waals surface area contributed by atoms with Gasteiger partial charge in [-0.25, -0.2) is 0 Å². The Balaban J connectivity index is 2.36. The Morgan fingerprint density at radius 1 is 1.38 bits per heavy atom. The lowest BCUT2D eigenvalue weighted by molar-refractivity contribution is -0.115. The maximum Gasteiger partial charge on any atom is 0.168 e. The summed E-state index contributed by atoms with van der Waals surface area (Å²) in [6.07, 6.45) is 9.31. The molecule has 0 unspecified atom stereocenters. The predicted octanol–water partition coefficient (Wildman–Crippen LogP) is 2.80. The molecule has 0 spiro atoms. The number of pyridine rings is 1. The van der Waals surface area contributed by atoms with E-state index in [4.69, 9.17) is 10.1 Å². The largest absolute Gasteiger partial charge is 0.489 e. The molecule has 112 valence electrons. The van der Waals surface area contributed by atoms with E-state index >= 15 is 0 Å². The van der Waals surface area contributed by atoms with Crippen molar-refractivity contribution >= 4 is 6.29 Å². The van der Waals surface area contributed by atoms with Crippen molar-refractivity contribution in [1.29, 1.82) is 5.41 Å². The first-order valence-electron chi connectivity index (χ1n) is 7.24. The van der Waals surface area contributed by atoms with E-state index < -0.39 is 5.54 Å². The molecule has 0 aliphatic heterocycles. The van der Waals surface area contributed by atoms with Crippen LogP contribution in [0, 0.1) is 11.3 Å². The smallest absolute Gasteiger partial charge is 0.168 e. The predicted molar refractivity (Wildman–Crippen MR) is 82.2 cm³/mol. The molecule has 1 aliphatic rings. The fourth-order valence-electron chi connectivity index (χ4n) is 2.40. The zero-order valence-corrected chi connectivity index (χ0v) is 12.3. The van der Waals surface area contributed by atoms with E-state index in [1.807, 2.05) is 6.07 Å². The summed E-state index contributed by atoms with van der Waals surface area (Å²) in [5.41, 5.74) is -0.631. The molecule has 0 aromatic carbocycles. The maximum atomic E-state index is 11.7. The average molecular weight is 286 g/mol. The number of nitrogens with one attached hydrogen (secondary N) is 1. The SMILES string of the molecule is C=CCC(C=O)(CC=C)n1cccc(OCC2CC2)c1=N. The van der Waals surface area contributed by atoms with Gasteiger partial charge in [-0.3, -0.25) is 5.41 Å². The quantitative estimate of drug-likeness (QED) is 0.560. The van der Waals surface area contributed by atoms with Gasteiger partial charge in [-0.15, -0.1) is 13.2 Å². The summed E-state index contributed by atoms with van der Waals surface area (Å²) in [6, 6.07) is 3.59. The fraction of sp³-hybridized carbons (Fsp3) is 0.412. The van der Waals surface area contributed by atoms with Crippen molar-refractivity contribution in [3.05, 3.63) is 49.1 Å². The first-order chi connectivity index (χ1) is 10.2. The van der Waals surface area contributed by atoms with Crippen LogP contribution in [-0.2, 0) is 10.3 Å². The van der Waals surface area contributed by atoms with E-state index in [-0.39, 0.29) is 5.49 Å². The Morgan fingerprint density at radius 3 is 2.57 bits per heavy atom. The van der Waals surface area contributed by atoms with Crippen molar-refractivity contribution in [2.45, 2.75) is 31.2 Å². The third kappa shape index (κ3) is 3.32. The van der Waals surface area contributed by atoms with Crippen LogP contribution < -0.4 is 10.2 Å². The molecule has 1 aromatic rings. The van der Waals surface area contributed by atoms with Crippen LogP contribution >= 0.6 is 0 Å². The van der Waals surface area contributed by atoms with Gasteiger partial charge in [0.25, 0.3) is 0 Å². The average Bonchev–Trinajstić information content (AvgIpc) is 3.30. The topological polar surface area (TPSA) is 55.1 Å². The Hall–Kier alpha value is -2.10. The van der Waals surface area contributed by atoms with Gasteiger partial charge in [-0.05, 0) is 43.7 Å². The van der Waals surface area contributed by atoms with Crippen LogP contribution in [0.2, 0.25) is 0 Å². The maximum absolute atomic E-state index is 11.7. The van der Waals surface area contributed by atoms with E-state index in [1.165, 1.54) is 12.8 Å². The Labute approximate surface area is 125 Å². The number of nitrogens with zero attached hydrogens (tertiary/aromatic N) is 1. The highest BCUT2D eigenvalue weighted by atomic mass is 16.5. The van der Waals surface area contributed by atoms with Crippen molar-refractivity contribution < 1.29 is 9.53 Å². The fourth-order valence-corrected chi connectivity index (χ4v) is 2.40. The van der Waals surface area contributed by atoms with Gasteiger partial charge in [-0.1, -0.05) is 12.2 Å². The minimum atomic E-state index is -0.848. The molecule has 4 nitrogen and oxygen atoms in total. The molecule has 0 saturated heterocycles. The zero-order chi connectivity index (χ0) is 15.3. The van der Waals surface area contributed by atoms with Crippen LogP contribution in [0.15, 0.2) is 43.6 Å². The Kier molecular flexibility index (Phi) is 4.78. The number of allylic oxidation sites excluding steroid dienone is 2. The number of carbonyl (C=O) groups excluding carboxylic acids is 1. The molecule has 1 heterocycles. The van der Waals surface area contributed by atoms with Crippen LogP contribution in [-0.4, -0.2) is 17.5 Å². The first kappa shape index (κ1) is 15.3. The number of ether oxygens (including phenoxy) is 1. The molecule has 2 rings (SSSR count). The molecule has 0 radical (unpaired) electrons. The van der Waals surface area contributed by atoms with Gasteiger partial charge in [-0.2, -0.15) is 0 Å². The van der Waals surface area contributed by atoms with Gasteiger partial charge in [0, 0.05) is 6.20 Å². The second-order valence-corrected chi connectivity index (χ2v) is 5.55. The highest BCUT2D eigenvalue weighted by Crippen LogP contribution is 2.29. The molecule has 0 bridgehead atoms. The lowest BCUT2D eigenvalue weighted by atomic mass is 9.92. The van der Waals surface area contributed by atoms with Gasteiger partial charge in [0.2, 0.25) is 0 Å². The lowest BCUT2D eigenvalue weighted by Gasteiger charge is -2.29. The molecule has 0 atom stereocenters. The highest BCUT2D eigenvalue weighted by molar-refractivity contribution is 5.63. The van der Waals surface area contributed by atoms with Crippen LogP contribution in [0.1, 0.15) is 25.7 Å². The molecule has 1 fully saturated rings. The first-order valence-corrected chi connectivity index (χ1v) is 7.24. The molecule has 21 heavy (non-hydrogen) atoms. The van der Waals surface area contributed by atoms with Crippen molar-refractivity contribution in [2.24, 2.45) is 5.92 Å². The molecule has 1 aromatic heterocycles. The van der Waals surface area contributed by atoms with Crippen LogP contribution in [0.3, 0.4) is 0 Å². The van der Waals surface area contributed by atoms with Crippen LogP contribution in [0.4, 0.5) is 0 Å². The van der Waals surface area contributed by atoms with E-state index in [2.05, 4.69) is 13.2 Å². The Morgan fingerprint density at radius 2 is 2.05 bits per heavy atom. The summed E-state index contributed by atoms with van der Waals surface area (Å²) in [4.78, 5) is 11.7. The molecule has 4 heteroatoms. The summed E-state index contributed by atoms with van der Waals surface area (Å²) in [6.45, 7) is 8.09. The van der Waals surface area contributed by atoms with E-state index in [0.717, 1.165) is 6.29 Å². The van der Waals surface area contributed by atoms with Crippen molar-refractivity contribution in [3.63, 3.8) is 0 Å². The number of aldehydes is 1. The van der Waals surface area contributed by atoms with Crippen molar-refractivity contribution in [3.8, 4) is 5.75 Å². The van der Waals surface area contributed by atoms with Crippen LogP contribution in [0.5, 0.6) is 5.75 Å². The summed E-state index contributed by atoms with van der Waals surface area (Å²) in [5, 5.41) is 8.34. The molecule has 1 N–H and O–H groups in total. The molecule has 1 saturated carbocycles. The number of hydrogen-bond acceptors (Lipinski definition) is 3. The highest BCUT2D eigenvalue weighted by Gasteiger charge is 2.30. The second-order valence-electron chi connectivity index (χ2n) is 5.55. The van der Waals surface area contributed by atoms with Gasteiger partial charge in [0.05, 0.1) is 6.61 Å². The van der Waals surface area contributed by atoms with Gasteiger partial charge < -0.3 is 14.1 Å². The standard InChI is InChI=1S/C17H22N2O2/c1-3-9-17(13-20,10-4-2)19-11-5-6-15(16(19)18)21-12-14-7-8-14/h3-6,11,13-14,18H,1-2,7-10,12H2. The number of hydrogen-bond donors (Lipinski definition) is 1. The summed E-state index contributed by atoms with van der Waals surface area (Å²) >= 11 is 0. The zero-order valence-electron chi connectivity index (χ0n) is 12.3. The normalized spacial score (nSPS) is 14.5. The minimum Gasteiger partial charge on any atom is -0.489 e. The van der Waals surface area contributed by atoms with Gasteiger partial charge in [0.15, 0.2) is 11.2 Å². The monoisotopic (exact) mass is 286 g/mol. The summed E-state index contributed by atoms with van der Waals surface area (Å²) in [5.74, 6) is 1.14. The molecule has 1 aliphatic carbocycles. The number of carbonyl (C=O) groups is 1. The van der Waals surface area contributed by atoms with E-state index in [9.17, 15) is 4.79 Å². The molecular formula is C17H22N2O2. The van der Waals surface area contributed by atoms with E-state index in [0.29, 0.717) is 31.1 Å².